The van der Waals surface area contributed by atoms with Gasteiger partial charge >= 0.3 is 0 Å². The van der Waals surface area contributed by atoms with E-state index in [0.29, 0.717) is 11.3 Å². The van der Waals surface area contributed by atoms with Crippen LogP contribution in [0.25, 0.3) is 0 Å². The summed E-state index contributed by atoms with van der Waals surface area (Å²) in [5, 5.41) is 9.20. The molecule has 0 aliphatic heterocycles. The molecule has 0 heterocycles. The molecular formula is C7H12O. The van der Waals surface area contributed by atoms with Crippen molar-refractivity contribution in [1.82, 2.24) is 0 Å². The van der Waals surface area contributed by atoms with E-state index in [0.717, 1.165) is 6.42 Å². The lowest BCUT2D eigenvalue weighted by Gasteiger charge is -1.98. The van der Waals surface area contributed by atoms with Gasteiger partial charge in [0.1, 0.15) is 0 Å². The zero-order valence-electron chi connectivity index (χ0n) is 5.22. The average molecular weight is 112 g/mol. The van der Waals surface area contributed by atoms with Gasteiger partial charge in [0, 0.05) is 0 Å². The standard InChI is InChI=1S/C7H12O/c1-7-3-2-6(8)5(7)4-7/h5-6,8H,2-4H2,1H3/t5-,6-,7-/m1/s1. The van der Waals surface area contributed by atoms with Gasteiger partial charge in [-0.1, -0.05) is 6.92 Å². The van der Waals surface area contributed by atoms with Crippen molar-refractivity contribution in [3.05, 3.63) is 0 Å². The van der Waals surface area contributed by atoms with Crippen molar-refractivity contribution in [3.8, 4) is 0 Å². The van der Waals surface area contributed by atoms with Crippen molar-refractivity contribution < 1.29 is 5.11 Å². The maximum absolute atomic E-state index is 9.20. The second-order valence-electron chi connectivity index (χ2n) is 3.57. The van der Waals surface area contributed by atoms with Crippen molar-refractivity contribution in [2.24, 2.45) is 11.3 Å². The summed E-state index contributed by atoms with van der Waals surface area (Å²) in [6, 6.07) is 0. The van der Waals surface area contributed by atoms with E-state index in [-0.39, 0.29) is 6.10 Å². The molecule has 0 spiro atoms. The number of hydrogen-bond donors (Lipinski definition) is 1. The summed E-state index contributed by atoms with van der Waals surface area (Å²) in [5.41, 5.74) is 0.583. The molecule has 1 nitrogen and oxygen atoms in total. The van der Waals surface area contributed by atoms with Crippen molar-refractivity contribution >= 4 is 0 Å². The molecule has 0 radical (unpaired) electrons. The molecule has 0 amide bonds. The van der Waals surface area contributed by atoms with Gasteiger partial charge in [0.05, 0.1) is 6.10 Å². The van der Waals surface area contributed by atoms with Crippen LogP contribution in [0, 0.1) is 11.3 Å². The lowest BCUT2D eigenvalue weighted by atomic mass is 10.1. The molecule has 46 valence electrons. The second-order valence-corrected chi connectivity index (χ2v) is 3.57. The van der Waals surface area contributed by atoms with Crippen molar-refractivity contribution in [2.75, 3.05) is 0 Å². The average Bonchev–Trinajstić information content (AvgIpc) is 2.32. The third kappa shape index (κ3) is 0.408. The van der Waals surface area contributed by atoms with E-state index in [1.165, 1.54) is 12.8 Å². The molecule has 2 saturated carbocycles. The minimum atomic E-state index is 0.0556. The van der Waals surface area contributed by atoms with E-state index in [1.54, 1.807) is 0 Å². The number of aliphatic hydroxyl groups is 1. The molecule has 0 saturated heterocycles. The first-order valence-corrected chi connectivity index (χ1v) is 3.40. The largest absolute Gasteiger partial charge is 0.393 e. The monoisotopic (exact) mass is 112 g/mol. The van der Waals surface area contributed by atoms with E-state index in [4.69, 9.17) is 0 Å². The maximum Gasteiger partial charge on any atom is 0.0574 e. The molecule has 1 heteroatoms. The van der Waals surface area contributed by atoms with Gasteiger partial charge in [0.15, 0.2) is 0 Å². The van der Waals surface area contributed by atoms with Gasteiger partial charge < -0.3 is 5.11 Å². The fraction of sp³-hybridized carbons (Fsp3) is 1.00. The first kappa shape index (κ1) is 4.80. The number of fused-ring (bicyclic) bond motifs is 1. The molecule has 0 unspecified atom stereocenters. The van der Waals surface area contributed by atoms with Crippen molar-refractivity contribution in [2.45, 2.75) is 32.3 Å². The Morgan fingerprint density at radius 2 is 2.38 bits per heavy atom. The fourth-order valence-corrected chi connectivity index (χ4v) is 2.01. The Morgan fingerprint density at radius 1 is 1.62 bits per heavy atom. The van der Waals surface area contributed by atoms with Crippen LogP contribution in [-0.2, 0) is 0 Å². The highest BCUT2D eigenvalue weighted by Gasteiger charge is 2.57. The zero-order valence-corrected chi connectivity index (χ0v) is 5.22. The van der Waals surface area contributed by atoms with Gasteiger partial charge in [-0.05, 0) is 30.6 Å². The van der Waals surface area contributed by atoms with Crippen molar-refractivity contribution in [3.63, 3.8) is 0 Å². The smallest absolute Gasteiger partial charge is 0.0574 e. The minimum Gasteiger partial charge on any atom is -0.393 e. The summed E-state index contributed by atoms with van der Waals surface area (Å²) in [6.45, 7) is 2.29. The van der Waals surface area contributed by atoms with Crippen molar-refractivity contribution in [1.29, 1.82) is 0 Å². The van der Waals surface area contributed by atoms with Gasteiger partial charge in [-0.25, -0.2) is 0 Å². The molecule has 2 fully saturated rings. The topological polar surface area (TPSA) is 20.2 Å². The summed E-state index contributed by atoms with van der Waals surface area (Å²) in [6.07, 6.45) is 3.66. The first-order chi connectivity index (χ1) is 3.72. The Balaban J connectivity index is 2.15. The lowest BCUT2D eigenvalue weighted by molar-refractivity contribution is 0.158. The van der Waals surface area contributed by atoms with Gasteiger partial charge in [-0.2, -0.15) is 0 Å². The molecule has 8 heavy (non-hydrogen) atoms. The Hall–Kier alpha value is -0.0400. The molecule has 2 aliphatic carbocycles. The van der Waals surface area contributed by atoms with Crippen LogP contribution < -0.4 is 0 Å². The second kappa shape index (κ2) is 1.10. The molecule has 0 aromatic carbocycles. The molecule has 3 atom stereocenters. The zero-order chi connectivity index (χ0) is 5.78. The quantitative estimate of drug-likeness (QED) is 0.498. The van der Waals surface area contributed by atoms with Gasteiger partial charge in [-0.3, -0.25) is 0 Å². The van der Waals surface area contributed by atoms with Crippen LogP contribution in [0.15, 0.2) is 0 Å². The Bertz CT molecular complexity index is 122. The number of aliphatic hydroxyl groups excluding tert-OH is 1. The fourth-order valence-electron chi connectivity index (χ4n) is 2.01. The highest BCUT2D eigenvalue weighted by molar-refractivity contribution is 5.07. The van der Waals surface area contributed by atoms with Crippen LogP contribution in [-0.4, -0.2) is 11.2 Å². The molecule has 2 rings (SSSR count). The highest BCUT2D eigenvalue weighted by Crippen LogP contribution is 2.62. The maximum atomic E-state index is 9.20. The normalized spacial score (nSPS) is 60.8. The summed E-state index contributed by atoms with van der Waals surface area (Å²) in [5.74, 6) is 0.683. The molecule has 0 bridgehead atoms. The molecule has 0 aromatic rings. The molecular weight excluding hydrogens is 100 g/mol. The van der Waals surface area contributed by atoms with E-state index in [1.807, 2.05) is 0 Å². The lowest BCUT2D eigenvalue weighted by Crippen LogP contribution is -2.02. The predicted molar refractivity (Wildman–Crippen MR) is 31.5 cm³/mol. The highest BCUT2D eigenvalue weighted by atomic mass is 16.3. The Morgan fingerprint density at radius 3 is 2.50 bits per heavy atom. The first-order valence-electron chi connectivity index (χ1n) is 3.40. The predicted octanol–water partition coefficient (Wildman–Crippen LogP) is 1.17. The third-order valence-electron chi connectivity index (χ3n) is 2.90. The third-order valence-corrected chi connectivity index (χ3v) is 2.90. The minimum absolute atomic E-state index is 0.0556. The SMILES string of the molecule is C[C@]12CC[C@@H](O)[C@H]1C2. The number of hydrogen-bond acceptors (Lipinski definition) is 1. The van der Waals surface area contributed by atoms with Crippen LogP contribution in [0.3, 0.4) is 0 Å². The summed E-state index contributed by atoms with van der Waals surface area (Å²) < 4.78 is 0. The summed E-state index contributed by atoms with van der Waals surface area (Å²) >= 11 is 0. The van der Waals surface area contributed by atoms with Crippen LogP contribution >= 0.6 is 0 Å². The van der Waals surface area contributed by atoms with Gasteiger partial charge in [0.2, 0.25) is 0 Å². The van der Waals surface area contributed by atoms with E-state index < -0.39 is 0 Å². The van der Waals surface area contributed by atoms with Gasteiger partial charge in [0.25, 0.3) is 0 Å². The summed E-state index contributed by atoms with van der Waals surface area (Å²) in [4.78, 5) is 0. The number of rotatable bonds is 0. The Kier molecular flexibility index (Phi) is 0.663. The van der Waals surface area contributed by atoms with Crippen LogP contribution in [0.5, 0.6) is 0 Å². The van der Waals surface area contributed by atoms with Crippen LogP contribution in [0.1, 0.15) is 26.2 Å². The van der Waals surface area contributed by atoms with Crippen LogP contribution in [0.2, 0.25) is 0 Å². The molecule has 2 aliphatic rings. The van der Waals surface area contributed by atoms with E-state index in [9.17, 15) is 5.11 Å². The molecule has 1 N–H and O–H groups in total. The van der Waals surface area contributed by atoms with E-state index in [2.05, 4.69) is 6.92 Å². The summed E-state index contributed by atoms with van der Waals surface area (Å²) in [7, 11) is 0. The van der Waals surface area contributed by atoms with E-state index >= 15 is 0 Å². The molecule has 0 aromatic heterocycles. The van der Waals surface area contributed by atoms with Crippen LogP contribution in [0.4, 0.5) is 0 Å². The Labute approximate surface area is 49.7 Å². The van der Waals surface area contributed by atoms with Gasteiger partial charge in [-0.15, -0.1) is 0 Å².